The van der Waals surface area contributed by atoms with Gasteiger partial charge in [0.1, 0.15) is 5.60 Å². The number of aliphatic hydroxyl groups is 2. The van der Waals surface area contributed by atoms with E-state index in [4.69, 9.17) is 25.2 Å². The molecule has 3 atom stereocenters. The van der Waals surface area contributed by atoms with Crippen molar-refractivity contribution in [2.45, 2.75) is 43.6 Å². The fraction of sp³-hybridized carbons (Fsp3) is 0.583. The van der Waals surface area contributed by atoms with Gasteiger partial charge < -0.3 is 35.0 Å². The third-order valence-corrected chi connectivity index (χ3v) is 7.76. The lowest BCUT2D eigenvalue weighted by molar-refractivity contribution is -0.165. The molecule has 0 aliphatic carbocycles. The molecule has 0 radical (unpaired) electrons. The van der Waals surface area contributed by atoms with Gasteiger partial charge in [-0.05, 0) is 42.3 Å². The molecule has 4 heterocycles. The van der Waals surface area contributed by atoms with Crippen LogP contribution in [-0.2, 0) is 37.7 Å². The molecule has 1 amide bonds. The molecule has 13 heteroatoms. The Kier molecular flexibility index (Phi) is 9.79. The summed E-state index contributed by atoms with van der Waals surface area (Å²) in [5, 5.41) is 39.0. The number of aliphatic carboxylic acids is 2. The molecule has 1 spiro atoms. The number of carbonyl (C=O) groups excluding carboxylic acids is 1. The van der Waals surface area contributed by atoms with Gasteiger partial charge >= 0.3 is 11.9 Å². The van der Waals surface area contributed by atoms with Crippen molar-refractivity contribution >= 4 is 29.2 Å². The third-order valence-electron chi connectivity index (χ3n) is 6.61. The number of nitrogens with zero attached hydrogens (tertiary/aromatic N) is 4. The fourth-order valence-electron chi connectivity index (χ4n) is 4.62. The normalized spacial score (nSPS) is 19.1. The van der Waals surface area contributed by atoms with Crippen LogP contribution in [0.1, 0.15) is 23.3 Å². The van der Waals surface area contributed by atoms with Gasteiger partial charge in [0.15, 0.2) is 12.2 Å². The Balaban J connectivity index is 0.000000325. The molecule has 204 valence electrons. The SMILES string of the molecule is CN(C)C(=O)C(CN1CCC2(CC1)OCCc1ccsc12)Cn1cccn1.O=C(O)C(O)C(O)C(=O)O. The standard InChI is InChI=1S/C20H28N4O2S.C4H6O6/c1-22(2)19(25)17(15-24-9-3-8-21-24)14-23-10-6-20(7-11-23)18-16(4-12-26-20)5-13-27-18;5-1(3(7)8)2(6)4(9)10/h3,5,8-9,13,17H,4,6-7,10-12,14-15H2,1-2H3;1-2,5-6H,(H,7,8)(H,9,10). The van der Waals surface area contributed by atoms with Crippen LogP contribution in [0.3, 0.4) is 0 Å². The Morgan fingerprint density at radius 1 is 1.14 bits per heavy atom. The van der Waals surface area contributed by atoms with Crippen LogP contribution >= 0.6 is 11.3 Å². The van der Waals surface area contributed by atoms with Gasteiger partial charge in [-0.1, -0.05) is 0 Å². The number of ether oxygens (including phenoxy) is 1. The summed E-state index contributed by atoms with van der Waals surface area (Å²) in [5.74, 6) is -3.46. The molecule has 0 aromatic carbocycles. The lowest BCUT2D eigenvalue weighted by Crippen LogP contribution is -2.49. The molecule has 1 saturated heterocycles. The molecule has 12 nitrogen and oxygen atoms in total. The van der Waals surface area contributed by atoms with Gasteiger partial charge in [-0.15, -0.1) is 11.3 Å². The average molecular weight is 539 g/mol. The topological polar surface area (TPSA) is 166 Å². The predicted molar refractivity (Wildman–Crippen MR) is 133 cm³/mol. The summed E-state index contributed by atoms with van der Waals surface area (Å²) >= 11 is 1.84. The first-order chi connectivity index (χ1) is 17.5. The summed E-state index contributed by atoms with van der Waals surface area (Å²) in [6.07, 6.45) is 2.20. The summed E-state index contributed by atoms with van der Waals surface area (Å²) in [6, 6.07) is 4.16. The highest BCUT2D eigenvalue weighted by atomic mass is 32.1. The lowest BCUT2D eigenvalue weighted by atomic mass is 9.85. The molecule has 2 aromatic heterocycles. The van der Waals surface area contributed by atoms with E-state index < -0.39 is 24.1 Å². The van der Waals surface area contributed by atoms with Crippen molar-refractivity contribution in [3.8, 4) is 0 Å². The number of rotatable bonds is 8. The van der Waals surface area contributed by atoms with Gasteiger partial charge in [0.05, 0.1) is 19.1 Å². The number of piperidine rings is 1. The Labute approximate surface area is 218 Å². The summed E-state index contributed by atoms with van der Waals surface area (Å²) < 4.78 is 8.17. The van der Waals surface area contributed by atoms with Gasteiger partial charge in [0, 0.05) is 51.0 Å². The summed E-state index contributed by atoms with van der Waals surface area (Å²) in [6.45, 7) is 4.15. The van der Waals surface area contributed by atoms with E-state index in [0.29, 0.717) is 6.54 Å². The number of aromatic nitrogens is 2. The zero-order valence-corrected chi connectivity index (χ0v) is 21.7. The van der Waals surface area contributed by atoms with Crippen LogP contribution in [0.5, 0.6) is 0 Å². The number of hydrogen-bond acceptors (Lipinski definition) is 9. The van der Waals surface area contributed by atoms with E-state index in [1.54, 1.807) is 11.1 Å². The molecule has 2 aliphatic rings. The Hall–Kier alpha value is -2.84. The number of aliphatic hydroxyl groups excluding tert-OH is 2. The minimum absolute atomic E-state index is 0.0847. The summed E-state index contributed by atoms with van der Waals surface area (Å²) in [5.41, 5.74) is 1.38. The fourth-order valence-corrected chi connectivity index (χ4v) is 5.79. The van der Waals surface area contributed by atoms with E-state index in [9.17, 15) is 14.4 Å². The maximum Gasteiger partial charge on any atom is 0.335 e. The molecule has 2 aromatic rings. The summed E-state index contributed by atoms with van der Waals surface area (Å²) in [4.78, 5) is 37.8. The van der Waals surface area contributed by atoms with Gasteiger partial charge in [0.2, 0.25) is 5.91 Å². The van der Waals surface area contributed by atoms with Crippen LogP contribution in [0.2, 0.25) is 0 Å². The first-order valence-corrected chi connectivity index (χ1v) is 12.9. The predicted octanol–water partition coefficient (Wildman–Crippen LogP) is 0.0904. The van der Waals surface area contributed by atoms with E-state index in [2.05, 4.69) is 21.4 Å². The molecular formula is C24H34N4O8S. The van der Waals surface area contributed by atoms with Crippen molar-refractivity contribution in [2.24, 2.45) is 5.92 Å². The van der Waals surface area contributed by atoms with Crippen molar-refractivity contribution in [3.63, 3.8) is 0 Å². The highest BCUT2D eigenvalue weighted by molar-refractivity contribution is 7.10. The zero-order valence-electron chi connectivity index (χ0n) is 20.9. The molecule has 4 N–H and O–H groups in total. The quantitative estimate of drug-likeness (QED) is 0.362. The van der Waals surface area contributed by atoms with Gasteiger partial charge in [-0.25, -0.2) is 9.59 Å². The Bertz CT molecular complexity index is 1030. The maximum absolute atomic E-state index is 12.7. The van der Waals surface area contributed by atoms with Crippen molar-refractivity contribution in [3.05, 3.63) is 40.3 Å². The number of carbonyl (C=O) groups is 3. The third kappa shape index (κ3) is 7.14. The number of fused-ring (bicyclic) bond motifs is 2. The van der Waals surface area contributed by atoms with Crippen LogP contribution in [-0.4, -0.2) is 110 Å². The molecule has 4 rings (SSSR count). The molecule has 1 fully saturated rings. The van der Waals surface area contributed by atoms with E-state index in [1.807, 2.05) is 42.4 Å². The maximum atomic E-state index is 12.7. The number of carboxylic acid groups (broad SMARTS) is 2. The molecule has 2 aliphatic heterocycles. The number of thiophene rings is 1. The number of carboxylic acids is 2. The average Bonchev–Trinajstić information content (AvgIpc) is 3.57. The monoisotopic (exact) mass is 538 g/mol. The lowest BCUT2D eigenvalue weighted by Gasteiger charge is -2.44. The molecule has 3 unspecified atom stereocenters. The van der Waals surface area contributed by atoms with E-state index in [0.717, 1.165) is 45.5 Å². The Morgan fingerprint density at radius 3 is 2.32 bits per heavy atom. The van der Waals surface area contributed by atoms with Crippen LogP contribution in [0, 0.1) is 5.92 Å². The number of hydrogen-bond donors (Lipinski definition) is 4. The molecule has 0 saturated carbocycles. The molecule has 37 heavy (non-hydrogen) atoms. The number of amides is 1. The van der Waals surface area contributed by atoms with Crippen LogP contribution < -0.4 is 0 Å². The first kappa shape index (κ1) is 28.7. The van der Waals surface area contributed by atoms with Crippen molar-refractivity contribution < 1.29 is 39.5 Å². The van der Waals surface area contributed by atoms with Gasteiger partial charge in [-0.3, -0.25) is 9.48 Å². The summed E-state index contributed by atoms with van der Waals surface area (Å²) in [7, 11) is 3.66. The second-order valence-electron chi connectivity index (χ2n) is 9.39. The zero-order chi connectivity index (χ0) is 27.2. The highest BCUT2D eigenvalue weighted by Gasteiger charge is 2.42. The van der Waals surface area contributed by atoms with Gasteiger partial charge in [-0.2, -0.15) is 5.10 Å². The smallest absolute Gasteiger partial charge is 0.335 e. The largest absolute Gasteiger partial charge is 0.479 e. The second kappa shape index (κ2) is 12.6. The van der Waals surface area contributed by atoms with E-state index in [-0.39, 0.29) is 17.4 Å². The first-order valence-electron chi connectivity index (χ1n) is 12.0. The van der Waals surface area contributed by atoms with Crippen LogP contribution in [0.15, 0.2) is 29.9 Å². The minimum atomic E-state index is -2.27. The molecular weight excluding hydrogens is 504 g/mol. The second-order valence-corrected chi connectivity index (χ2v) is 10.3. The van der Waals surface area contributed by atoms with Crippen molar-refractivity contribution in [1.29, 1.82) is 0 Å². The number of likely N-dealkylation sites (tertiary alicyclic amines) is 1. The van der Waals surface area contributed by atoms with Gasteiger partial charge in [0.25, 0.3) is 0 Å². The minimum Gasteiger partial charge on any atom is -0.479 e. The van der Waals surface area contributed by atoms with Crippen molar-refractivity contribution in [1.82, 2.24) is 19.6 Å². The molecule has 0 bridgehead atoms. The highest BCUT2D eigenvalue weighted by Crippen LogP contribution is 2.44. The van der Waals surface area contributed by atoms with Crippen LogP contribution in [0.4, 0.5) is 0 Å². The van der Waals surface area contributed by atoms with E-state index >= 15 is 0 Å². The van der Waals surface area contributed by atoms with Crippen molar-refractivity contribution in [2.75, 3.05) is 40.3 Å². The van der Waals surface area contributed by atoms with Crippen LogP contribution in [0.25, 0.3) is 0 Å². The Morgan fingerprint density at radius 2 is 1.78 bits per heavy atom. The van der Waals surface area contributed by atoms with E-state index in [1.165, 1.54) is 10.4 Å².